The van der Waals surface area contributed by atoms with Gasteiger partial charge in [-0.25, -0.2) is 4.98 Å². The fourth-order valence-electron chi connectivity index (χ4n) is 4.17. The van der Waals surface area contributed by atoms with Gasteiger partial charge in [0.1, 0.15) is 28.5 Å². The van der Waals surface area contributed by atoms with E-state index >= 15 is 0 Å². The molecule has 36 heavy (non-hydrogen) atoms. The summed E-state index contributed by atoms with van der Waals surface area (Å²) >= 11 is 0. The Kier molecular flexibility index (Phi) is 6.71. The molecule has 0 radical (unpaired) electrons. The van der Waals surface area contributed by atoms with Crippen LogP contribution in [-0.2, 0) is 13.5 Å². The molecule has 7 heteroatoms. The van der Waals surface area contributed by atoms with Crippen molar-refractivity contribution in [3.05, 3.63) is 90.6 Å². The van der Waals surface area contributed by atoms with E-state index in [2.05, 4.69) is 10.3 Å². The molecule has 0 saturated heterocycles. The number of fused-ring (bicyclic) bond motifs is 1. The normalized spacial score (nSPS) is 10.9. The summed E-state index contributed by atoms with van der Waals surface area (Å²) in [5, 5.41) is 3.45. The standard InChI is InChI=1S/C29H28N4O3/c1-33-26-18-24(23-11-7-8-12-28(23)36-21-9-5-4-6-10-21)31-19-25(26)32-29(33)30-16-15-20-17-22(34-2)13-14-27(20)35-3/h4-14,17-19H,15-16H2,1-3H3,(H,30,32). The second-order valence-corrected chi connectivity index (χ2v) is 8.32. The number of anilines is 1. The van der Waals surface area contributed by atoms with Gasteiger partial charge in [0, 0.05) is 19.2 Å². The van der Waals surface area contributed by atoms with Gasteiger partial charge in [0.05, 0.1) is 31.6 Å². The Labute approximate surface area is 210 Å². The van der Waals surface area contributed by atoms with Gasteiger partial charge in [-0.1, -0.05) is 30.3 Å². The smallest absolute Gasteiger partial charge is 0.203 e. The van der Waals surface area contributed by atoms with Gasteiger partial charge in [-0.05, 0) is 60.5 Å². The number of ether oxygens (including phenoxy) is 3. The van der Waals surface area contributed by atoms with Crippen LogP contribution >= 0.6 is 0 Å². The summed E-state index contributed by atoms with van der Waals surface area (Å²) < 4.78 is 19.1. The third kappa shape index (κ3) is 4.81. The highest BCUT2D eigenvalue weighted by molar-refractivity contribution is 5.83. The molecule has 7 nitrogen and oxygen atoms in total. The molecule has 0 aliphatic rings. The minimum Gasteiger partial charge on any atom is -0.497 e. The van der Waals surface area contributed by atoms with E-state index in [1.54, 1.807) is 20.4 Å². The van der Waals surface area contributed by atoms with Gasteiger partial charge in [-0.15, -0.1) is 0 Å². The van der Waals surface area contributed by atoms with E-state index in [1.165, 1.54) is 0 Å². The summed E-state index contributed by atoms with van der Waals surface area (Å²) in [6, 6.07) is 25.5. The predicted octanol–water partition coefficient (Wildman–Crippen LogP) is 6.10. The number of hydrogen-bond donors (Lipinski definition) is 1. The van der Waals surface area contributed by atoms with E-state index in [9.17, 15) is 0 Å². The van der Waals surface area contributed by atoms with E-state index in [1.807, 2.05) is 90.5 Å². The molecule has 0 unspecified atom stereocenters. The average Bonchev–Trinajstić information content (AvgIpc) is 3.24. The molecule has 0 aliphatic carbocycles. The van der Waals surface area contributed by atoms with Crippen LogP contribution in [0, 0.1) is 0 Å². The number of methoxy groups -OCH3 is 2. The molecule has 3 aromatic carbocycles. The van der Waals surface area contributed by atoms with Gasteiger partial charge in [-0.2, -0.15) is 0 Å². The highest BCUT2D eigenvalue weighted by Gasteiger charge is 2.14. The van der Waals surface area contributed by atoms with Crippen molar-refractivity contribution >= 4 is 17.0 Å². The van der Waals surface area contributed by atoms with Gasteiger partial charge in [0.15, 0.2) is 0 Å². The lowest BCUT2D eigenvalue weighted by Crippen LogP contribution is -2.09. The molecule has 5 rings (SSSR count). The lowest BCUT2D eigenvalue weighted by Gasteiger charge is -2.12. The number of nitrogens with zero attached hydrogens (tertiary/aromatic N) is 3. The number of benzene rings is 3. The van der Waals surface area contributed by atoms with Crippen LogP contribution in [-0.4, -0.2) is 35.3 Å². The monoisotopic (exact) mass is 480 g/mol. The second-order valence-electron chi connectivity index (χ2n) is 8.32. The average molecular weight is 481 g/mol. The molecular formula is C29H28N4O3. The topological polar surface area (TPSA) is 70.4 Å². The van der Waals surface area contributed by atoms with Crippen molar-refractivity contribution in [2.75, 3.05) is 26.1 Å². The van der Waals surface area contributed by atoms with Crippen LogP contribution in [0.25, 0.3) is 22.3 Å². The number of aryl methyl sites for hydroxylation is 1. The third-order valence-corrected chi connectivity index (χ3v) is 6.07. The van der Waals surface area contributed by atoms with Crippen LogP contribution in [0.15, 0.2) is 85.1 Å². The van der Waals surface area contributed by atoms with Crippen molar-refractivity contribution in [2.24, 2.45) is 7.05 Å². The van der Waals surface area contributed by atoms with E-state index in [0.717, 1.165) is 63.2 Å². The molecule has 0 atom stereocenters. The van der Waals surface area contributed by atoms with Crippen molar-refractivity contribution in [3.8, 4) is 34.3 Å². The Morgan fingerprint density at radius 2 is 1.64 bits per heavy atom. The molecule has 2 heterocycles. The zero-order valence-corrected chi connectivity index (χ0v) is 20.6. The van der Waals surface area contributed by atoms with Crippen LogP contribution in [0.3, 0.4) is 0 Å². The number of nitrogens with one attached hydrogen (secondary N) is 1. The summed E-state index contributed by atoms with van der Waals surface area (Å²) in [6.07, 6.45) is 2.57. The first-order valence-electron chi connectivity index (χ1n) is 11.8. The predicted molar refractivity (Wildman–Crippen MR) is 142 cm³/mol. The molecule has 2 aromatic heterocycles. The van der Waals surface area contributed by atoms with Gasteiger partial charge in [0.2, 0.25) is 5.95 Å². The maximum Gasteiger partial charge on any atom is 0.203 e. The fraction of sp³-hybridized carbons (Fsp3) is 0.172. The van der Waals surface area contributed by atoms with Crippen molar-refractivity contribution in [1.82, 2.24) is 14.5 Å². The number of aromatic nitrogens is 3. The van der Waals surface area contributed by atoms with Gasteiger partial charge >= 0.3 is 0 Å². The van der Waals surface area contributed by atoms with E-state index in [-0.39, 0.29) is 0 Å². The number of rotatable bonds is 9. The van der Waals surface area contributed by atoms with Crippen LogP contribution < -0.4 is 19.5 Å². The molecule has 5 aromatic rings. The molecule has 0 saturated carbocycles. The van der Waals surface area contributed by atoms with E-state index in [0.29, 0.717) is 6.54 Å². The number of hydrogen-bond acceptors (Lipinski definition) is 6. The van der Waals surface area contributed by atoms with E-state index in [4.69, 9.17) is 19.2 Å². The summed E-state index contributed by atoms with van der Waals surface area (Å²) in [7, 11) is 5.34. The fourth-order valence-corrected chi connectivity index (χ4v) is 4.17. The molecule has 0 amide bonds. The summed E-state index contributed by atoms with van der Waals surface area (Å²) in [5.74, 6) is 3.96. The minimum atomic E-state index is 0.689. The van der Waals surface area contributed by atoms with Crippen molar-refractivity contribution in [1.29, 1.82) is 0 Å². The van der Waals surface area contributed by atoms with Gasteiger partial charge in [-0.3, -0.25) is 4.98 Å². The molecule has 0 spiro atoms. The SMILES string of the molecule is COc1ccc(OC)c(CCNc2nc3cnc(-c4ccccc4Oc4ccccc4)cc3n2C)c1. The molecule has 182 valence electrons. The summed E-state index contributed by atoms with van der Waals surface area (Å²) in [6.45, 7) is 0.689. The highest BCUT2D eigenvalue weighted by atomic mass is 16.5. The van der Waals surface area contributed by atoms with Crippen molar-refractivity contribution < 1.29 is 14.2 Å². The first-order valence-corrected chi connectivity index (χ1v) is 11.8. The quantitative estimate of drug-likeness (QED) is 0.275. The number of pyridine rings is 1. The molecular weight excluding hydrogens is 452 g/mol. The lowest BCUT2D eigenvalue weighted by atomic mass is 10.1. The van der Waals surface area contributed by atoms with Crippen LogP contribution in [0.2, 0.25) is 0 Å². The summed E-state index contributed by atoms with van der Waals surface area (Å²) in [5.41, 5.74) is 4.62. The molecule has 0 aliphatic heterocycles. The first kappa shape index (κ1) is 23.2. The maximum absolute atomic E-state index is 6.15. The van der Waals surface area contributed by atoms with Crippen molar-refractivity contribution in [3.63, 3.8) is 0 Å². The highest BCUT2D eigenvalue weighted by Crippen LogP contribution is 2.33. The summed E-state index contributed by atoms with van der Waals surface area (Å²) in [4.78, 5) is 9.44. The lowest BCUT2D eigenvalue weighted by molar-refractivity contribution is 0.399. The Bertz CT molecular complexity index is 1480. The minimum absolute atomic E-state index is 0.689. The van der Waals surface area contributed by atoms with Crippen LogP contribution in [0.4, 0.5) is 5.95 Å². The number of imidazole rings is 1. The zero-order valence-electron chi connectivity index (χ0n) is 20.6. The Hall–Kier alpha value is -4.52. The first-order chi connectivity index (χ1) is 17.7. The second kappa shape index (κ2) is 10.4. The van der Waals surface area contributed by atoms with Crippen molar-refractivity contribution in [2.45, 2.75) is 6.42 Å². The van der Waals surface area contributed by atoms with Gasteiger partial charge < -0.3 is 24.1 Å². The largest absolute Gasteiger partial charge is 0.497 e. The zero-order chi connectivity index (χ0) is 24.9. The van der Waals surface area contributed by atoms with Crippen LogP contribution in [0.1, 0.15) is 5.56 Å². The molecule has 0 fully saturated rings. The Morgan fingerprint density at radius 3 is 2.44 bits per heavy atom. The van der Waals surface area contributed by atoms with E-state index < -0.39 is 0 Å². The van der Waals surface area contributed by atoms with Crippen LogP contribution in [0.5, 0.6) is 23.0 Å². The maximum atomic E-state index is 6.15. The Morgan fingerprint density at radius 1 is 0.833 bits per heavy atom. The molecule has 0 bridgehead atoms. The van der Waals surface area contributed by atoms with Gasteiger partial charge in [0.25, 0.3) is 0 Å². The Balaban J connectivity index is 1.37. The third-order valence-electron chi connectivity index (χ3n) is 6.07. The number of para-hydroxylation sites is 2. The molecule has 1 N–H and O–H groups in total.